The lowest BCUT2D eigenvalue weighted by Crippen LogP contribution is -2.02. The molecule has 6 heteroatoms. The number of benzene rings is 1. The Morgan fingerprint density at radius 2 is 1.95 bits per heavy atom. The van der Waals surface area contributed by atoms with Gasteiger partial charge in [0.1, 0.15) is 5.52 Å². The number of fused-ring (bicyclic) bond motifs is 1. The molecule has 0 amide bonds. The number of nitrogens with zero attached hydrogens (tertiary/aromatic N) is 2. The Bertz CT molecular complexity index is 781. The number of rotatable bonds is 5. The molecule has 5 nitrogen and oxygen atoms in total. The molecule has 0 spiro atoms. The van der Waals surface area contributed by atoms with Crippen LogP contribution in [-0.2, 0) is 0 Å². The number of thioether (sulfide) groups is 1. The molecule has 0 saturated carbocycles. The summed E-state index contributed by atoms with van der Waals surface area (Å²) >= 11 is 1.83. The molecule has 0 fully saturated rings. The standard InChI is InChI=1S/C16H19N5S/c1-10(2)22-13-7-5-4-6-11(13)19-15-14-12(8-9-18-14)20-16(17-3)21-15/h4-10,18H,1-3H3,(H2,17,19,20,21). The van der Waals surface area contributed by atoms with Crippen molar-refractivity contribution >= 4 is 40.2 Å². The van der Waals surface area contributed by atoms with Crippen molar-refractivity contribution in [3.63, 3.8) is 0 Å². The molecule has 0 bridgehead atoms. The average molecular weight is 313 g/mol. The number of nitrogens with one attached hydrogen (secondary N) is 3. The van der Waals surface area contributed by atoms with Crippen LogP contribution in [0, 0.1) is 0 Å². The second-order valence-corrected chi connectivity index (χ2v) is 6.79. The van der Waals surface area contributed by atoms with Gasteiger partial charge in [-0.15, -0.1) is 11.8 Å². The monoisotopic (exact) mass is 313 g/mol. The molecular weight excluding hydrogens is 294 g/mol. The number of para-hydroxylation sites is 1. The minimum atomic E-state index is 0.520. The average Bonchev–Trinajstić information content (AvgIpc) is 2.97. The third-order valence-corrected chi connectivity index (χ3v) is 4.21. The molecule has 2 heterocycles. The van der Waals surface area contributed by atoms with Gasteiger partial charge in [-0.1, -0.05) is 26.0 Å². The fourth-order valence-corrected chi connectivity index (χ4v) is 3.11. The van der Waals surface area contributed by atoms with Crippen LogP contribution in [0.2, 0.25) is 0 Å². The van der Waals surface area contributed by atoms with Gasteiger partial charge in [0.15, 0.2) is 5.82 Å². The van der Waals surface area contributed by atoms with E-state index < -0.39 is 0 Å². The van der Waals surface area contributed by atoms with Crippen LogP contribution in [0.3, 0.4) is 0 Å². The van der Waals surface area contributed by atoms with Crippen LogP contribution in [0.15, 0.2) is 41.4 Å². The molecule has 0 radical (unpaired) electrons. The second-order valence-electron chi connectivity index (χ2n) is 5.17. The van der Waals surface area contributed by atoms with E-state index in [1.165, 1.54) is 4.90 Å². The highest BCUT2D eigenvalue weighted by Crippen LogP contribution is 2.33. The first-order valence-corrected chi connectivity index (χ1v) is 8.11. The van der Waals surface area contributed by atoms with Crippen molar-refractivity contribution in [2.75, 3.05) is 17.7 Å². The first-order chi connectivity index (χ1) is 10.7. The van der Waals surface area contributed by atoms with Crippen molar-refractivity contribution in [1.82, 2.24) is 15.0 Å². The zero-order valence-corrected chi connectivity index (χ0v) is 13.7. The van der Waals surface area contributed by atoms with Crippen molar-refractivity contribution < 1.29 is 0 Å². The molecule has 1 aromatic carbocycles. The summed E-state index contributed by atoms with van der Waals surface area (Å²) in [5, 5.41) is 6.96. The van der Waals surface area contributed by atoms with Crippen LogP contribution in [-0.4, -0.2) is 27.2 Å². The molecule has 0 aliphatic carbocycles. The summed E-state index contributed by atoms with van der Waals surface area (Å²) in [5.41, 5.74) is 2.84. The molecule has 0 aliphatic heterocycles. The Kier molecular flexibility index (Phi) is 4.20. The van der Waals surface area contributed by atoms with Gasteiger partial charge in [-0.2, -0.15) is 4.98 Å². The molecule has 3 aromatic rings. The van der Waals surface area contributed by atoms with Gasteiger partial charge in [-0.3, -0.25) is 0 Å². The van der Waals surface area contributed by atoms with Gasteiger partial charge in [0.2, 0.25) is 5.95 Å². The summed E-state index contributed by atoms with van der Waals surface area (Å²) in [6, 6.07) is 10.2. The smallest absolute Gasteiger partial charge is 0.225 e. The van der Waals surface area contributed by atoms with E-state index in [2.05, 4.69) is 57.6 Å². The zero-order valence-electron chi connectivity index (χ0n) is 12.8. The molecule has 0 aliphatic rings. The highest BCUT2D eigenvalue weighted by molar-refractivity contribution is 8.00. The molecule has 114 valence electrons. The van der Waals surface area contributed by atoms with Gasteiger partial charge in [-0.05, 0) is 18.2 Å². The van der Waals surface area contributed by atoms with E-state index in [1.807, 2.05) is 37.1 Å². The fourth-order valence-electron chi connectivity index (χ4n) is 2.20. The number of anilines is 3. The predicted molar refractivity (Wildman–Crippen MR) is 94.2 cm³/mol. The third kappa shape index (κ3) is 3.01. The summed E-state index contributed by atoms with van der Waals surface area (Å²) in [6.07, 6.45) is 1.87. The van der Waals surface area contributed by atoms with Crippen LogP contribution >= 0.6 is 11.8 Å². The van der Waals surface area contributed by atoms with Crippen molar-refractivity contribution in [1.29, 1.82) is 0 Å². The van der Waals surface area contributed by atoms with Crippen molar-refractivity contribution in [2.45, 2.75) is 24.0 Å². The molecule has 0 atom stereocenters. The van der Waals surface area contributed by atoms with Crippen molar-refractivity contribution in [3.8, 4) is 0 Å². The maximum atomic E-state index is 4.53. The second kappa shape index (κ2) is 6.27. The van der Waals surface area contributed by atoms with E-state index in [4.69, 9.17) is 0 Å². The topological polar surface area (TPSA) is 65.6 Å². The number of aromatic nitrogens is 3. The lowest BCUT2D eigenvalue weighted by Gasteiger charge is -2.13. The van der Waals surface area contributed by atoms with E-state index in [1.54, 1.807) is 0 Å². The quantitative estimate of drug-likeness (QED) is 0.615. The van der Waals surface area contributed by atoms with Gasteiger partial charge in [0.05, 0.1) is 11.2 Å². The Labute approximate surface area is 134 Å². The fraction of sp³-hybridized carbons (Fsp3) is 0.250. The lowest BCUT2D eigenvalue weighted by molar-refractivity contribution is 1.11. The summed E-state index contributed by atoms with van der Waals surface area (Å²) in [5.74, 6) is 1.37. The Morgan fingerprint density at radius 3 is 2.73 bits per heavy atom. The summed E-state index contributed by atoms with van der Waals surface area (Å²) in [6.45, 7) is 4.38. The number of H-pyrrole nitrogens is 1. The van der Waals surface area contributed by atoms with Crippen LogP contribution in [0.4, 0.5) is 17.5 Å². The molecule has 0 saturated heterocycles. The van der Waals surface area contributed by atoms with Crippen molar-refractivity contribution in [3.05, 3.63) is 36.5 Å². The van der Waals surface area contributed by atoms with Gasteiger partial charge in [0.25, 0.3) is 0 Å². The summed E-state index contributed by atoms with van der Waals surface area (Å²) in [4.78, 5) is 13.4. The Morgan fingerprint density at radius 1 is 1.14 bits per heavy atom. The zero-order chi connectivity index (χ0) is 15.5. The number of hydrogen-bond donors (Lipinski definition) is 3. The maximum absolute atomic E-state index is 4.53. The van der Waals surface area contributed by atoms with Gasteiger partial charge >= 0.3 is 0 Å². The van der Waals surface area contributed by atoms with Gasteiger partial charge < -0.3 is 15.6 Å². The van der Waals surface area contributed by atoms with E-state index in [0.29, 0.717) is 11.2 Å². The van der Waals surface area contributed by atoms with Crippen LogP contribution < -0.4 is 10.6 Å². The van der Waals surface area contributed by atoms with Crippen LogP contribution in [0.5, 0.6) is 0 Å². The minimum absolute atomic E-state index is 0.520. The summed E-state index contributed by atoms with van der Waals surface area (Å²) in [7, 11) is 1.82. The normalized spacial score (nSPS) is 11.1. The number of aromatic amines is 1. The first-order valence-electron chi connectivity index (χ1n) is 7.23. The highest BCUT2D eigenvalue weighted by Gasteiger charge is 2.11. The largest absolute Gasteiger partial charge is 0.357 e. The molecule has 0 unspecified atom stereocenters. The van der Waals surface area contributed by atoms with Gasteiger partial charge in [-0.25, -0.2) is 4.98 Å². The van der Waals surface area contributed by atoms with Gasteiger partial charge in [0, 0.05) is 23.4 Å². The van der Waals surface area contributed by atoms with E-state index in [-0.39, 0.29) is 0 Å². The SMILES string of the molecule is CNc1nc(Nc2ccccc2SC(C)C)c2[nH]ccc2n1. The first kappa shape index (κ1) is 14.7. The molecule has 2 aromatic heterocycles. The number of hydrogen-bond acceptors (Lipinski definition) is 5. The molecular formula is C16H19N5S. The van der Waals surface area contributed by atoms with Crippen LogP contribution in [0.25, 0.3) is 11.0 Å². The molecule has 22 heavy (non-hydrogen) atoms. The van der Waals surface area contributed by atoms with E-state index in [0.717, 1.165) is 22.5 Å². The molecule has 3 N–H and O–H groups in total. The Hall–Kier alpha value is -2.21. The Balaban J connectivity index is 2.01. The minimum Gasteiger partial charge on any atom is -0.357 e. The van der Waals surface area contributed by atoms with Crippen LogP contribution in [0.1, 0.15) is 13.8 Å². The van der Waals surface area contributed by atoms with E-state index in [9.17, 15) is 0 Å². The van der Waals surface area contributed by atoms with Crippen molar-refractivity contribution in [2.24, 2.45) is 0 Å². The highest BCUT2D eigenvalue weighted by atomic mass is 32.2. The summed E-state index contributed by atoms with van der Waals surface area (Å²) < 4.78 is 0. The van der Waals surface area contributed by atoms with E-state index >= 15 is 0 Å². The third-order valence-electron chi connectivity index (χ3n) is 3.13. The molecule has 3 rings (SSSR count). The lowest BCUT2D eigenvalue weighted by atomic mass is 10.3. The predicted octanol–water partition coefficient (Wildman–Crippen LogP) is 4.24. The maximum Gasteiger partial charge on any atom is 0.225 e.